The first kappa shape index (κ1) is 18.3. The van der Waals surface area contributed by atoms with Crippen LogP contribution in [0.15, 0.2) is 77.9 Å². The van der Waals surface area contributed by atoms with E-state index in [0.29, 0.717) is 11.4 Å². The van der Waals surface area contributed by atoms with Gasteiger partial charge in [0.1, 0.15) is 5.75 Å². The average Bonchev–Trinajstić information content (AvgIpc) is 3.06. The molecule has 3 rings (SSSR count). The number of nitrogens with zero attached hydrogens (tertiary/aromatic N) is 1. The molecule has 0 aliphatic carbocycles. The molecule has 1 heterocycles. The molecule has 2 aromatic rings. The summed E-state index contributed by atoms with van der Waals surface area (Å²) in [6.45, 7) is 6.21. The van der Waals surface area contributed by atoms with Crippen LogP contribution in [0, 0.1) is 12.8 Å². The summed E-state index contributed by atoms with van der Waals surface area (Å²) in [5.74, 6) is 0.893. The summed E-state index contributed by atoms with van der Waals surface area (Å²) in [7, 11) is -1.91. The number of benzene rings is 2. The molecule has 5 heteroatoms. The maximum absolute atomic E-state index is 12.9. The fourth-order valence-electron chi connectivity index (χ4n) is 3.11. The molecule has 0 saturated heterocycles. The predicted molar refractivity (Wildman–Crippen MR) is 104 cm³/mol. The average molecular weight is 369 g/mol. The summed E-state index contributed by atoms with van der Waals surface area (Å²) >= 11 is 0. The molecule has 2 aromatic carbocycles. The lowest BCUT2D eigenvalue weighted by Gasteiger charge is -2.19. The zero-order valence-electron chi connectivity index (χ0n) is 15.1. The maximum atomic E-state index is 12.9. The highest BCUT2D eigenvalue weighted by Crippen LogP contribution is 2.31. The highest BCUT2D eigenvalue weighted by molar-refractivity contribution is 7.89. The fraction of sp³-hybridized carbons (Fsp3) is 0.238. The summed E-state index contributed by atoms with van der Waals surface area (Å²) in [5.41, 5.74) is 3.11. The number of rotatable bonds is 6. The van der Waals surface area contributed by atoms with Crippen molar-refractivity contribution in [3.05, 3.63) is 84.1 Å². The van der Waals surface area contributed by atoms with Gasteiger partial charge in [-0.15, -0.1) is 0 Å². The zero-order chi connectivity index (χ0) is 18.7. The quantitative estimate of drug-likeness (QED) is 0.775. The molecule has 0 N–H and O–H groups in total. The lowest BCUT2D eigenvalue weighted by atomic mass is 9.94. The molecule has 0 spiro atoms. The number of hydrogen-bond donors (Lipinski definition) is 0. The third kappa shape index (κ3) is 3.68. The van der Waals surface area contributed by atoms with Gasteiger partial charge in [-0.2, -0.15) is 0 Å². The molecule has 1 atom stereocenters. The highest BCUT2D eigenvalue weighted by Gasteiger charge is 2.31. The number of methoxy groups -OCH3 is 1. The first-order valence-electron chi connectivity index (χ1n) is 8.49. The van der Waals surface area contributed by atoms with E-state index in [1.165, 1.54) is 4.31 Å². The van der Waals surface area contributed by atoms with Crippen molar-refractivity contribution in [3.8, 4) is 5.75 Å². The summed E-state index contributed by atoms with van der Waals surface area (Å²) in [4.78, 5) is 0.313. The summed E-state index contributed by atoms with van der Waals surface area (Å²) < 4.78 is 32.5. The molecule has 136 valence electrons. The van der Waals surface area contributed by atoms with Gasteiger partial charge >= 0.3 is 0 Å². The highest BCUT2D eigenvalue weighted by atomic mass is 32.2. The molecule has 0 radical (unpaired) electrons. The van der Waals surface area contributed by atoms with E-state index in [1.54, 1.807) is 31.5 Å². The van der Waals surface area contributed by atoms with Crippen molar-refractivity contribution in [2.24, 2.45) is 5.92 Å². The van der Waals surface area contributed by atoms with Gasteiger partial charge in [-0.25, -0.2) is 8.42 Å². The molecule has 0 aromatic heterocycles. The Hall–Kier alpha value is -2.53. The Morgan fingerprint density at radius 2 is 1.81 bits per heavy atom. The van der Waals surface area contributed by atoms with E-state index in [1.807, 2.05) is 43.3 Å². The zero-order valence-corrected chi connectivity index (χ0v) is 15.9. The predicted octanol–water partition coefficient (Wildman–Crippen LogP) is 3.94. The number of allylic oxidation sites excluding steroid dienone is 1. The van der Waals surface area contributed by atoms with Crippen LogP contribution in [-0.4, -0.2) is 26.4 Å². The van der Waals surface area contributed by atoms with Crippen molar-refractivity contribution < 1.29 is 13.2 Å². The van der Waals surface area contributed by atoms with E-state index in [-0.39, 0.29) is 5.92 Å². The molecule has 0 fully saturated rings. The van der Waals surface area contributed by atoms with E-state index in [4.69, 9.17) is 4.74 Å². The van der Waals surface area contributed by atoms with Crippen molar-refractivity contribution in [1.29, 1.82) is 0 Å². The Kier molecular flexibility index (Phi) is 5.18. The normalized spacial score (nSPS) is 17.1. The Morgan fingerprint density at radius 3 is 2.38 bits per heavy atom. The molecule has 1 unspecified atom stereocenters. The molecule has 0 amide bonds. The third-order valence-electron chi connectivity index (χ3n) is 4.67. The Morgan fingerprint density at radius 1 is 1.15 bits per heavy atom. The second kappa shape index (κ2) is 7.38. The second-order valence-electron chi connectivity index (χ2n) is 6.47. The van der Waals surface area contributed by atoms with Crippen LogP contribution in [0.1, 0.15) is 11.1 Å². The number of ether oxygens (including phenoxy) is 1. The molecule has 0 bridgehead atoms. The van der Waals surface area contributed by atoms with Crippen molar-refractivity contribution in [2.75, 3.05) is 13.7 Å². The Bertz CT molecular complexity index is 913. The van der Waals surface area contributed by atoms with Gasteiger partial charge in [-0.1, -0.05) is 42.5 Å². The van der Waals surface area contributed by atoms with E-state index in [0.717, 1.165) is 28.9 Å². The summed E-state index contributed by atoms with van der Waals surface area (Å²) in [5, 5.41) is 0. The van der Waals surface area contributed by atoms with Gasteiger partial charge in [0.15, 0.2) is 0 Å². The summed E-state index contributed by atoms with van der Waals surface area (Å²) in [6.07, 6.45) is 4.21. The molecule has 1 aliphatic heterocycles. The first-order valence-corrected chi connectivity index (χ1v) is 9.93. The molecule has 1 aliphatic rings. The van der Waals surface area contributed by atoms with Gasteiger partial charge in [0.05, 0.1) is 12.0 Å². The van der Waals surface area contributed by atoms with Gasteiger partial charge in [0, 0.05) is 18.7 Å². The molecular formula is C21H23NO3S. The monoisotopic (exact) mass is 369 g/mol. The Labute approximate surface area is 155 Å². The SMILES string of the molecule is C=CC1=CN(S(=O)(=O)c2ccc(C)cc2)CC1Cc1ccc(OC)cc1. The number of sulfonamides is 1. The topological polar surface area (TPSA) is 46.6 Å². The molecule has 26 heavy (non-hydrogen) atoms. The van der Waals surface area contributed by atoms with Gasteiger partial charge < -0.3 is 4.74 Å². The fourth-order valence-corrected chi connectivity index (χ4v) is 4.50. The smallest absolute Gasteiger partial charge is 0.263 e. The van der Waals surface area contributed by atoms with Crippen LogP contribution in [0.2, 0.25) is 0 Å². The molecular weight excluding hydrogens is 346 g/mol. The van der Waals surface area contributed by atoms with Crippen LogP contribution < -0.4 is 4.74 Å². The first-order chi connectivity index (χ1) is 12.4. The van der Waals surface area contributed by atoms with Crippen LogP contribution in [0.4, 0.5) is 0 Å². The number of hydrogen-bond acceptors (Lipinski definition) is 3. The van der Waals surface area contributed by atoms with E-state index < -0.39 is 10.0 Å². The van der Waals surface area contributed by atoms with Crippen LogP contribution >= 0.6 is 0 Å². The van der Waals surface area contributed by atoms with E-state index in [2.05, 4.69) is 6.58 Å². The van der Waals surface area contributed by atoms with Crippen molar-refractivity contribution in [2.45, 2.75) is 18.2 Å². The van der Waals surface area contributed by atoms with E-state index in [9.17, 15) is 8.42 Å². The number of aryl methyl sites for hydroxylation is 1. The van der Waals surface area contributed by atoms with Crippen molar-refractivity contribution >= 4 is 10.0 Å². The van der Waals surface area contributed by atoms with Crippen LogP contribution in [0.5, 0.6) is 5.75 Å². The van der Waals surface area contributed by atoms with Gasteiger partial charge in [-0.3, -0.25) is 4.31 Å². The van der Waals surface area contributed by atoms with Gasteiger partial charge in [0.25, 0.3) is 10.0 Å². The van der Waals surface area contributed by atoms with Crippen LogP contribution in [0.3, 0.4) is 0 Å². The van der Waals surface area contributed by atoms with Crippen LogP contribution in [0.25, 0.3) is 0 Å². The van der Waals surface area contributed by atoms with Gasteiger partial charge in [-0.05, 0) is 48.7 Å². The Balaban J connectivity index is 1.80. The second-order valence-corrected chi connectivity index (χ2v) is 8.36. The minimum Gasteiger partial charge on any atom is -0.497 e. The molecule has 0 saturated carbocycles. The van der Waals surface area contributed by atoms with Gasteiger partial charge in [0.2, 0.25) is 0 Å². The lowest BCUT2D eigenvalue weighted by molar-refractivity contribution is 0.414. The van der Waals surface area contributed by atoms with E-state index >= 15 is 0 Å². The standard InChI is InChI=1S/C21H23NO3S/c1-4-18-14-22(26(23,24)21-11-5-16(2)6-12-21)15-19(18)13-17-7-9-20(25-3)10-8-17/h4-12,14,19H,1,13,15H2,2-3H3. The largest absolute Gasteiger partial charge is 0.497 e. The maximum Gasteiger partial charge on any atom is 0.263 e. The minimum atomic E-state index is -3.55. The lowest BCUT2D eigenvalue weighted by Crippen LogP contribution is -2.27. The van der Waals surface area contributed by atoms with Crippen molar-refractivity contribution in [1.82, 2.24) is 4.31 Å². The minimum absolute atomic E-state index is 0.0844. The third-order valence-corrected chi connectivity index (χ3v) is 6.41. The molecule has 4 nitrogen and oxygen atoms in total. The van der Waals surface area contributed by atoms with Crippen LogP contribution in [-0.2, 0) is 16.4 Å². The van der Waals surface area contributed by atoms with Crippen molar-refractivity contribution in [3.63, 3.8) is 0 Å². The summed E-state index contributed by atoms with van der Waals surface area (Å²) in [6, 6.07) is 14.8.